The minimum absolute atomic E-state index is 0.210. The smallest absolute Gasteiger partial charge is 0.0587 e. The van der Waals surface area contributed by atoms with Gasteiger partial charge in [0, 0.05) is 8.95 Å². The van der Waals surface area contributed by atoms with Crippen molar-refractivity contribution in [3.8, 4) is 0 Å². The molecule has 0 saturated heterocycles. The summed E-state index contributed by atoms with van der Waals surface area (Å²) >= 11 is 7.19. The predicted octanol–water partition coefficient (Wildman–Crippen LogP) is 5.53. The molecule has 0 aromatic heterocycles. The van der Waals surface area contributed by atoms with E-state index in [1.165, 1.54) is 22.3 Å². The number of halogens is 2. The molecule has 106 valence electrons. The molecule has 0 aliphatic carbocycles. The van der Waals surface area contributed by atoms with Crippen molar-refractivity contribution in [2.75, 3.05) is 6.54 Å². The Morgan fingerprint density at radius 2 is 1.75 bits per heavy atom. The summed E-state index contributed by atoms with van der Waals surface area (Å²) in [6.45, 7) is 7.39. The Kier molecular flexibility index (Phi) is 5.42. The molecule has 2 aromatic rings. The molecule has 0 aliphatic heterocycles. The normalized spacial score (nSPS) is 12.4. The minimum Gasteiger partial charge on any atom is -0.306 e. The molecule has 0 fully saturated rings. The van der Waals surface area contributed by atoms with Crippen LogP contribution < -0.4 is 5.32 Å². The molecule has 3 heteroatoms. The van der Waals surface area contributed by atoms with E-state index in [0.29, 0.717) is 0 Å². The molecule has 0 spiro atoms. The number of hydrogen-bond donors (Lipinski definition) is 1. The van der Waals surface area contributed by atoms with Crippen molar-refractivity contribution >= 4 is 31.9 Å². The van der Waals surface area contributed by atoms with E-state index in [2.05, 4.69) is 94.3 Å². The van der Waals surface area contributed by atoms with Crippen LogP contribution in [0.15, 0.2) is 45.3 Å². The highest BCUT2D eigenvalue weighted by Crippen LogP contribution is 2.31. The van der Waals surface area contributed by atoms with Gasteiger partial charge in [0.25, 0.3) is 0 Å². The lowest BCUT2D eigenvalue weighted by Crippen LogP contribution is -2.22. The zero-order valence-electron chi connectivity index (χ0n) is 12.0. The number of hydrogen-bond acceptors (Lipinski definition) is 1. The first-order valence-electron chi connectivity index (χ1n) is 6.78. The number of nitrogens with one attached hydrogen (secondary N) is 1. The summed E-state index contributed by atoms with van der Waals surface area (Å²) in [4.78, 5) is 0. The van der Waals surface area contributed by atoms with Crippen molar-refractivity contribution in [1.82, 2.24) is 5.32 Å². The maximum atomic E-state index is 3.68. The van der Waals surface area contributed by atoms with Gasteiger partial charge in [-0.3, -0.25) is 0 Å². The van der Waals surface area contributed by atoms with Crippen molar-refractivity contribution in [3.05, 3.63) is 67.6 Å². The fraction of sp³-hybridized carbons (Fsp3) is 0.294. The van der Waals surface area contributed by atoms with E-state index < -0.39 is 0 Å². The van der Waals surface area contributed by atoms with Crippen LogP contribution in [0.3, 0.4) is 0 Å². The monoisotopic (exact) mass is 395 g/mol. The lowest BCUT2D eigenvalue weighted by molar-refractivity contribution is 0.628. The molecule has 0 saturated carbocycles. The first kappa shape index (κ1) is 15.7. The molecular weight excluding hydrogens is 378 g/mol. The lowest BCUT2D eigenvalue weighted by Gasteiger charge is -2.21. The van der Waals surface area contributed by atoms with Gasteiger partial charge in [-0.2, -0.15) is 0 Å². The van der Waals surface area contributed by atoms with Gasteiger partial charge in [-0.25, -0.2) is 0 Å². The Morgan fingerprint density at radius 3 is 2.35 bits per heavy atom. The van der Waals surface area contributed by atoms with Gasteiger partial charge in [0.1, 0.15) is 0 Å². The molecule has 2 aromatic carbocycles. The second-order valence-electron chi connectivity index (χ2n) is 5.00. The van der Waals surface area contributed by atoms with Crippen molar-refractivity contribution in [2.45, 2.75) is 26.8 Å². The molecule has 1 nitrogen and oxygen atoms in total. The van der Waals surface area contributed by atoms with E-state index in [1.807, 2.05) is 0 Å². The predicted molar refractivity (Wildman–Crippen MR) is 93.3 cm³/mol. The van der Waals surface area contributed by atoms with Crippen molar-refractivity contribution in [2.24, 2.45) is 0 Å². The van der Waals surface area contributed by atoms with Gasteiger partial charge in [-0.1, -0.05) is 63.0 Å². The van der Waals surface area contributed by atoms with Crippen molar-refractivity contribution in [1.29, 1.82) is 0 Å². The van der Waals surface area contributed by atoms with E-state index in [-0.39, 0.29) is 6.04 Å². The average Bonchev–Trinajstić information content (AvgIpc) is 2.40. The maximum absolute atomic E-state index is 3.68. The van der Waals surface area contributed by atoms with E-state index in [9.17, 15) is 0 Å². The second kappa shape index (κ2) is 6.88. The van der Waals surface area contributed by atoms with Crippen LogP contribution in [0.1, 0.15) is 35.2 Å². The molecule has 0 heterocycles. The van der Waals surface area contributed by atoms with Crippen LogP contribution in [0, 0.1) is 13.8 Å². The van der Waals surface area contributed by atoms with E-state index >= 15 is 0 Å². The highest BCUT2D eigenvalue weighted by molar-refractivity contribution is 9.11. The van der Waals surface area contributed by atoms with Crippen LogP contribution in [-0.2, 0) is 0 Å². The molecular formula is C17H19Br2N. The van der Waals surface area contributed by atoms with E-state index in [1.54, 1.807) is 0 Å². The summed E-state index contributed by atoms with van der Waals surface area (Å²) in [5, 5.41) is 3.58. The van der Waals surface area contributed by atoms with Gasteiger partial charge in [0.2, 0.25) is 0 Å². The van der Waals surface area contributed by atoms with Crippen LogP contribution in [0.2, 0.25) is 0 Å². The number of rotatable bonds is 4. The summed E-state index contributed by atoms with van der Waals surface area (Å²) in [7, 11) is 0. The van der Waals surface area contributed by atoms with Crippen LogP contribution in [0.4, 0.5) is 0 Å². The Morgan fingerprint density at radius 1 is 1.00 bits per heavy atom. The third kappa shape index (κ3) is 3.51. The first-order valence-corrected chi connectivity index (χ1v) is 8.37. The van der Waals surface area contributed by atoms with Gasteiger partial charge in [-0.05, 0) is 54.8 Å². The molecule has 0 bridgehead atoms. The largest absolute Gasteiger partial charge is 0.306 e. The van der Waals surface area contributed by atoms with Gasteiger partial charge in [0.05, 0.1) is 6.04 Å². The molecule has 20 heavy (non-hydrogen) atoms. The summed E-state index contributed by atoms with van der Waals surface area (Å²) < 4.78 is 2.21. The zero-order chi connectivity index (χ0) is 14.7. The van der Waals surface area contributed by atoms with Crippen LogP contribution in [-0.4, -0.2) is 6.54 Å². The van der Waals surface area contributed by atoms with Crippen LogP contribution in [0.25, 0.3) is 0 Å². The summed E-state index contributed by atoms with van der Waals surface area (Å²) in [6, 6.07) is 13.2. The highest BCUT2D eigenvalue weighted by Gasteiger charge is 2.16. The fourth-order valence-electron chi connectivity index (χ4n) is 2.29. The summed E-state index contributed by atoms with van der Waals surface area (Å²) in [5.41, 5.74) is 5.23. The van der Waals surface area contributed by atoms with Crippen molar-refractivity contribution < 1.29 is 0 Å². The van der Waals surface area contributed by atoms with Crippen LogP contribution >= 0.6 is 31.9 Å². The number of aryl methyl sites for hydroxylation is 2. The van der Waals surface area contributed by atoms with E-state index in [4.69, 9.17) is 0 Å². The Bertz CT molecular complexity index is 608. The molecule has 1 atom stereocenters. The number of benzene rings is 2. The summed E-state index contributed by atoms with van der Waals surface area (Å²) in [5.74, 6) is 0. The Balaban J connectivity index is 2.47. The lowest BCUT2D eigenvalue weighted by atomic mass is 9.95. The molecule has 0 radical (unpaired) electrons. The standard InChI is InChI=1S/C17H19Br2N/c1-4-20-17(13-6-5-11(2)12(3)9-13)15-8-7-14(18)10-16(15)19/h5-10,17,20H,4H2,1-3H3. The first-order chi connectivity index (χ1) is 9.52. The molecule has 2 rings (SSSR count). The summed E-state index contributed by atoms with van der Waals surface area (Å²) in [6.07, 6.45) is 0. The SMILES string of the molecule is CCNC(c1ccc(C)c(C)c1)c1ccc(Br)cc1Br. The quantitative estimate of drug-likeness (QED) is 0.716. The highest BCUT2D eigenvalue weighted by atomic mass is 79.9. The zero-order valence-corrected chi connectivity index (χ0v) is 15.2. The Hall–Kier alpha value is -0.640. The van der Waals surface area contributed by atoms with Gasteiger partial charge < -0.3 is 5.32 Å². The maximum Gasteiger partial charge on any atom is 0.0587 e. The average molecular weight is 397 g/mol. The fourth-order valence-corrected chi connectivity index (χ4v) is 3.57. The molecule has 1 N–H and O–H groups in total. The molecule has 1 unspecified atom stereocenters. The molecule has 0 aliphatic rings. The second-order valence-corrected chi connectivity index (χ2v) is 6.77. The van der Waals surface area contributed by atoms with Gasteiger partial charge in [0.15, 0.2) is 0 Å². The Labute approximate surface area is 138 Å². The third-order valence-corrected chi connectivity index (χ3v) is 4.73. The molecule has 0 amide bonds. The van der Waals surface area contributed by atoms with Crippen LogP contribution in [0.5, 0.6) is 0 Å². The third-order valence-electron chi connectivity index (χ3n) is 3.55. The van der Waals surface area contributed by atoms with Crippen molar-refractivity contribution in [3.63, 3.8) is 0 Å². The van der Waals surface area contributed by atoms with Gasteiger partial charge >= 0.3 is 0 Å². The van der Waals surface area contributed by atoms with E-state index in [0.717, 1.165) is 15.5 Å². The van der Waals surface area contributed by atoms with Gasteiger partial charge in [-0.15, -0.1) is 0 Å². The topological polar surface area (TPSA) is 12.0 Å². The minimum atomic E-state index is 0.210.